The number of morpholine rings is 1. The molecule has 8 heteroatoms. The third-order valence-electron chi connectivity index (χ3n) is 5.34. The number of rotatable bonds is 9. The molecule has 168 valence electrons. The molecule has 8 nitrogen and oxygen atoms in total. The summed E-state index contributed by atoms with van der Waals surface area (Å²) in [5.41, 5.74) is 1.85. The first kappa shape index (κ1) is 24.1. The predicted molar refractivity (Wildman–Crippen MR) is 115 cm³/mol. The molecule has 1 atom stereocenters. The third-order valence-corrected chi connectivity index (χ3v) is 5.34. The number of esters is 1. The van der Waals surface area contributed by atoms with Crippen LogP contribution in [0.15, 0.2) is 6.08 Å². The molecule has 0 spiro atoms. The Kier molecular flexibility index (Phi) is 8.64. The van der Waals surface area contributed by atoms with Crippen molar-refractivity contribution in [2.24, 2.45) is 0 Å². The number of hydrogen-bond acceptors (Lipinski definition) is 6. The maximum Gasteiger partial charge on any atom is 0.340 e. The van der Waals surface area contributed by atoms with Crippen LogP contribution < -0.4 is 5.32 Å². The Morgan fingerprint density at radius 2 is 1.90 bits per heavy atom. The minimum absolute atomic E-state index is 0.131. The Morgan fingerprint density at radius 3 is 2.50 bits per heavy atom. The van der Waals surface area contributed by atoms with E-state index in [0.717, 1.165) is 24.5 Å². The molecule has 1 unspecified atom stereocenters. The van der Waals surface area contributed by atoms with Crippen LogP contribution >= 0.6 is 0 Å². The van der Waals surface area contributed by atoms with Crippen molar-refractivity contribution in [3.05, 3.63) is 28.6 Å². The quantitative estimate of drug-likeness (QED) is 0.464. The van der Waals surface area contributed by atoms with Crippen LogP contribution in [0.25, 0.3) is 6.08 Å². The number of aromatic nitrogens is 1. The highest BCUT2D eigenvalue weighted by Gasteiger charge is 2.26. The summed E-state index contributed by atoms with van der Waals surface area (Å²) in [6.45, 7) is 13.7. The number of aliphatic hydroxyl groups is 1. The summed E-state index contributed by atoms with van der Waals surface area (Å²) in [6.07, 6.45) is 3.04. The number of β-amino-alcohol motifs (C(OH)–C–C–N with tert-alkyl or cyclic N) is 1. The van der Waals surface area contributed by atoms with Crippen molar-refractivity contribution in [3.63, 3.8) is 0 Å². The highest BCUT2D eigenvalue weighted by molar-refractivity contribution is 5.98. The fourth-order valence-corrected chi connectivity index (χ4v) is 3.84. The summed E-state index contributed by atoms with van der Waals surface area (Å²) in [6, 6.07) is 0. The maximum absolute atomic E-state index is 12.4. The monoisotopic (exact) mass is 421 g/mol. The van der Waals surface area contributed by atoms with E-state index in [1.165, 1.54) is 6.08 Å². The van der Waals surface area contributed by atoms with Gasteiger partial charge in [0, 0.05) is 55.8 Å². The van der Waals surface area contributed by atoms with Crippen LogP contribution in [0.4, 0.5) is 0 Å². The molecule has 2 heterocycles. The van der Waals surface area contributed by atoms with Gasteiger partial charge in [-0.2, -0.15) is 0 Å². The van der Waals surface area contributed by atoms with E-state index in [1.807, 2.05) is 25.3 Å². The molecule has 0 saturated carbocycles. The van der Waals surface area contributed by atoms with E-state index in [2.05, 4.69) is 10.2 Å². The lowest BCUT2D eigenvalue weighted by atomic mass is 10.1. The molecule has 2 N–H and O–H groups in total. The van der Waals surface area contributed by atoms with Crippen LogP contribution in [-0.4, -0.2) is 78.1 Å². The second-order valence-electron chi connectivity index (χ2n) is 7.86. The molecule has 1 aromatic rings. The Bertz CT molecular complexity index is 776. The minimum atomic E-state index is -1.05. The van der Waals surface area contributed by atoms with Crippen LogP contribution in [0.1, 0.15) is 48.1 Å². The molecular formula is C22H35N3O5. The zero-order valence-electron chi connectivity index (χ0n) is 18.8. The average Bonchev–Trinajstić information content (AvgIpc) is 2.94. The number of hydrogen-bond donors (Lipinski definition) is 2. The second kappa shape index (κ2) is 10.7. The summed E-state index contributed by atoms with van der Waals surface area (Å²) >= 11 is 0. The number of carbonyl (C=O) groups excluding carboxylic acids is 2. The van der Waals surface area contributed by atoms with E-state index in [0.29, 0.717) is 37.4 Å². The van der Waals surface area contributed by atoms with Gasteiger partial charge in [-0.05, 0) is 40.7 Å². The molecule has 1 aromatic heterocycles. The number of nitrogens with zero attached hydrogens (tertiary/aromatic N) is 2. The zero-order valence-corrected chi connectivity index (χ0v) is 18.8. The summed E-state index contributed by atoms with van der Waals surface area (Å²) in [7, 11) is 0. The fraction of sp³-hybridized carbons (Fsp3) is 0.636. The summed E-state index contributed by atoms with van der Waals surface area (Å²) in [5.74, 6) is -0.716. The van der Waals surface area contributed by atoms with Gasteiger partial charge < -0.3 is 24.5 Å². The Labute approximate surface area is 178 Å². The van der Waals surface area contributed by atoms with Crippen LogP contribution in [0.5, 0.6) is 0 Å². The SMILES string of the molecule is CCOC(=O)c1c(/C=C/C(=O)NCC(C)(O)CN2CCOCC2)c(C)n(CC)c1C. The number of nitrogens with one attached hydrogen (secondary N) is 1. The van der Waals surface area contributed by atoms with Crippen molar-refractivity contribution in [2.45, 2.75) is 46.8 Å². The Hall–Kier alpha value is -2.16. The van der Waals surface area contributed by atoms with E-state index >= 15 is 0 Å². The second-order valence-corrected chi connectivity index (χ2v) is 7.86. The van der Waals surface area contributed by atoms with Gasteiger partial charge in [0.2, 0.25) is 5.91 Å². The van der Waals surface area contributed by atoms with Crippen LogP contribution in [0.3, 0.4) is 0 Å². The molecule has 1 saturated heterocycles. The highest BCUT2D eigenvalue weighted by atomic mass is 16.5. The van der Waals surface area contributed by atoms with Gasteiger partial charge in [0.15, 0.2) is 0 Å². The van der Waals surface area contributed by atoms with Gasteiger partial charge in [-0.15, -0.1) is 0 Å². The average molecular weight is 422 g/mol. The zero-order chi connectivity index (χ0) is 22.3. The van der Waals surface area contributed by atoms with Crippen molar-refractivity contribution < 1.29 is 24.2 Å². The predicted octanol–water partition coefficient (Wildman–Crippen LogP) is 1.51. The van der Waals surface area contributed by atoms with Gasteiger partial charge in [0.05, 0.1) is 31.0 Å². The number of ether oxygens (including phenoxy) is 2. The molecule has 0 radical (unpaired) electrons. The van der Waals surface area contributed by atoms with Gasteiger partial charge >= 0.3 is 5.97 Å². The number of amides is 1. The molecule has 0 bridgehead atoms. The van der Waals surface area contributed by atoms with Gasteiger partial charge in [0.25, 0.3) is 0 Å². The van der Waals surface area contributed by atoms with Crippen LogP contribution in [0, 0.1) is 13.8 Å². The molecular weight excluding hydrogens is 386 g/mol. The van der Waals surface area contributed by atoms with Crippen LogP contribution in [-0.2, 0) is 20.8 Å². The standard InChI is InChI=1S/C22H35N3O5/c1-6-25-16(3)18(20(17(25)4)21(27)30-7-2)8-9-19(26)23-14-22(5,28)15-24-10-12-29-13-11-24/h8-9,28H,6-7,10-15H2,1-5H3,(H,23,26)/b9-8+. The molecule has 0 aromatic carbocycles. The van der Waals surface area contributed by atoms with E-state index in [-0.39, 0.29) is 25.0 Å². The first-order chi connectivity index (χ1) is 14.2. The molecule has 0 aliphatic carbocycles. The van der Waals surface area contributed by atoms with Gasteiger partial charge in [-0.25, -0.2) is 4.79 Å². The van der Waals surface area contributed by atoms with Crippen molar-refractivity contribution in [1.82, 2.24) is 14.8 Å². The normalized spacial score (nSPS) is 17.1. The molecule has 1 fully saturated rings. The largest absolute Gasteiger partial charge is 0.462 e. The van der Waals surface area contributed by atoms with E-state index in [4.69, 9.17) is 9.47 Å². The van der Waals surface area contributed by atoms with E-state index in [1.54, 1.807) is 19.9 Å². The van der Waals surface area contributed by atoms with Gasteiger partial charge in [0.1, 0.15) is 0 Å². The fourth-order valence-electron chi connectivity index (χ4n) is 3.84. The highest BCUT2D eigenvalue weighted by Crippen LogP contribution is 2.25. The number of carbonyl (C=O) groups is 2. The molecule has 2 rings (SSSR count). The Morgan fingerprint density at radius 1 is 1.23 bits per heavy atom. The first-order valence-electron chi connectivity index (χ1n) is 10.5. The minimum Gasteiger partial charge on any atom is -0.462 e. The van der Waals surface area contributed by atoms with Crippen molar-refractivity contribution >= 4 is 18.0 Å². The van der Waals surface area contributed by atoms with Gasteiger partial charge in [-0.3, -0.25) is 9.69 Å². The lowest BCUT2D eigenvalue weighted by molar-refractivity contribution is -0.117. The topological polar surface area (TPSA) is 93.0 Å². The molecule has 30 heavy (non-hydrogen) atoms. The van der Waals surface area contributed by atoms with Crippen molar-refractivity contribution in [1.29, 1.82) is 0 Å². The molecule has 1 aliphatic rings. The maximum atomic E-state index is 12.4. The van der Waals surface area contributed by atoms with Crippen molar-refractivity contribution in [3.8, 4) is 0 Å². The summed E-state index contributed by atoms with van der Waals surface area (Å²) < 4.78 is 12.5. The van der Waals surface area contributed by atoms with Gasteiger partial charge in [-0.1, -0.05) is 0 Å². The summed E-state index contributed by atoms with van der Waals surface area (Å²) in [5, 5.41) is 13.4. The lowest BCUT2D eigenvalue weighted by Gasteiger charge is -2.33. The van der Waals surface area contributed by atoms with E-state index in [9.17, 15) is 14.7 Å². The first-order valence-corrected chi connectivity index (χ1v) is 10.5. The lowest BCUT2D eigenvalue weighted by Crippen LogP contribution is -2.51. The van der Waals surface area contributed by atoms with Crippen molar-refractivity contribution in [2.75, 3.05) is 46.0 Å². The Balaban J connectivity index is 2.05. The smallest absolute Gasteiger partial charge is 0.340 e. The summed E-state index contributed by atoms with van der Waals surface area (Å²) in [4.78, 5) is 26.9. The van der Waals surface area contributed by atoms with E-state index < -0.39 is 5.60 Å². The molecule has 1 aliphatic heterocycles. The molecule has 1 amide bonds. The van der Waals surface area contributed by atoms with Crippen LogP contribution in [0.2, 0.25) is 0 Å². The third kappa shape index (κ3) is 6.17.